The molecule has 6 heteroatoms. The standard InChI is InChI=1S/C16H24N2O3S/c1-3-21-14-6-4-12(5-7-14)15(10-20-2)18-16(19)17-13-8-9-22-11-13/h4-7,13,15H,3,8-11H2,1-2H3,(H2,17,18,19). The van der Waals surface area contributed by atoms with Gasteiger partial charge < -0.3 is 20.1 Å². The summed E-state index contributed by atoms with van der Waals surface area (Å²) < 4.78 is 10.7. The van der Waals surface area contributed by atoms with E-state index < -0.39 is 0 Å². The van der Waals surface area contributed by atoms with Gasteiger partial charge in [-0.1, -0.05) is 12.1 Å². The summed E-state index contributed by atoms with van der Waals surface area (Å²) in [4.78, 5) is 12.1. The molecule has 2 unspecified atom stereocenters. The molecule has 1 fully saturated rings. The molecule has 1 aromatic rings. The molecule has 1 saturated heterocycles. The largest absolute Gasteiger partial charge is 0.494 e. The zero-order chi connectivity index (χ0) is 15.8. The first-order valence-electron chi connectivity index (χ1n) is 7.59. The Kier molecular flexibility index (Phi) is 6.86. The Bertz CT molecular complexity index is 461. The predicted octanol–water partition coefficient (Wildman–Crippen LogP) is 2.58. The maximum atomic E-state index is 12.1. The van der Waals surface area contributed by atoms with Crippen molar-refractivity contribution in [3.63, 3.8) is 0 Å². The zero-order valence-corrected chi connectivity index (χ0v) is 13.9. The van der Waals surface area contributed by atoms with E-state index >= 15 is 0 Å². The van der Waals surface area contributed by atoms with Crippen LogP contribution in [0.25, 0.3) is 0 Å². The Hall–Kier alpha value is -1.40. The highest BCUT2D eigenvalue weighted by atomic mass is 32.2. The predicted molar refractivity (Wildman–Crippen MR) is 89.6 cm³/mol. The number of nitrogens with one attached hydrogen (secondary N) is 2. The molecule has 2 rings (SSSR count). The van der Waals surface area contributed by atoms with E-state index in [0.29, 0.717) is 13.2 Å². The molecule has 5 nitrogen and oxygen atoms in total. The first kappa shape index (κ1) is 17.0. The molecule has 0 aliphatic carbocycles. The second kappa shape index (κ2) is 8.90. The molecular weight excluding hydrogens is 300 g/mol. The molecule has 0 bridgehead atoms. The SMILES string of the molecule is CCOc1ccc(C(COC)NC(=O)NC2CCSC2)cc1. The van der Waals surface area contributed by atoms with Gasteiger partial charge in [0.2, 0.25) is 0 Å². The minimum Gasteiger partial charge on any atom is -0.494 e. The molecule has 1 aromatic carbocycles. The van der Waals surface area contributed by atoms with Crippen molar-refractivity contribution in [3.8, 4) is 5.75 Å². The average molecular weight is 324 g/mol. The summed E-state index contributed by atoms with van der Waals surface area (Å²) in [6.45, 7) is 3.02. The highest BCUT2D eigenvalue weighted by Crippen LogP contribution is 2.19. The number of rotatable bonds is 7. The van der Waals surface area contributed by atoms with Crippen LogP contribution in [-0.2, 0) is 4.74 Å². The van der Waals surface area contributed by atoms with E-state index in [9.17, 15) is 4.79 Å². The molecule has 0 spiro atoms. The van der Waals surface area contributed by atoms with Gasteiger partial charge in [0.1, 0.15) is 5.75 Å². The van der Waals surface area contributed by atoms with Gasteiger partial charge in [-0.25, -0.2) is 4.79 Å². The molecule has 1 aliphatic rings. The molecule has 1 aliphatic heterocycles. The highest BCUT2D eigenvalue weighted by Gasteiger charge is 2.20. The van der Waals surface area contributed by atoms with Gasteiger partial charge in [-0.2, -0.15) is 11.8 Å². The molecule has 0 radical (unpaired) electrons. The van der Waals surface area contributed by atoms with Crippen LogP contribution in [0.2, 0.25) is 0 Å². The normalized spacial score (nSPS) is 18.7. The molecule has 22 heavy (non-hydrogen) atoms. The monoisotopic (exact) mass is 324 g/mol. The smallest absolute Gasteiger partial charge is 0.315 e. The van der Waals surface area contributed by atoms with Gasteiger partial charge in [0.05, 0.1) is 19.3 Å². The Balaban J connectivity index is 1.94. The van der Waals surface area contributed by atoms with Crippen molar-refractivity contribution in [1.82, 2.24) is 10.6 Å². The van der Waals surface area contributed by atoms with Crippen LogP contribution < -0.4 is 15.4 Å². The van der Waals surface area contributed by atoms with Crippen molar-refractivity contribution in [2.24, 2.45) is 0 Å². The van der Waals surface area contributed by atoms with Crippen molar-refractivity contribution < 1.29 is 14.3 Å². The van der Waals surface area contributed by atoms with E-state index in [1.54, 1.807) is 7.11 Å². The van der Waals surface area contributed by atoms with Crippen LogP contribution in [0.3, 0.4) is 0 Å². The third-order valence-electron chi connectivity index (χ3n) is 3.50. The average Bonchev–Trinajstić information content (AvgIpc) is 3.01. The van der Waals surface area contributed by atoms with E-state index in [0.717, 1.165) is 29.2 Å². The summed E-state index contributed by atoms with van der Waals surface area (Å²) in [5, 5.41) is 6.01. The van der Waals surface area contributed by atoms with Crippen LogP contribution in [0.4, 0.5) is 4.79 Å². The quantitative estimate of drug-likeness (QED) is 0.809. The van der Waals surface area contributed by atoms with Crippen molar-refractivity contribution in [3.05, 3.63) is 29.8 Å². The Morgan fingerprint density at radius 1 is 1.41 bits per heavy atom. The van der Waals surface area contributed by atoms with Gasteiger partial charge in [-0.05, 0) is 36.8 Å². The maximum Gasteiger partial charge on any atom is 0.315 e. The van der Waals surface area contributed by atoms with Crippen molar-refractivity contribution >= 4 is 17.8 Å². The summed E-state index contributed by atoms with van der Waals surface area (Å²) in [6, 6.07) is 7.70. The first-order chi connectivity index (χ1) is 10.7. The fourth-order valence-electron chi connectivity index (χ4n) is 2.38. The van der Waals surface area contributed by atoms with Crippen LogP contribution >= 0.6 is 11.8 Å². The van der Waals surface area contributed by atoms with E-state index in [4.69, 9.17) is 9.47 Å². The van der Waals surface area contributed by atoms with Gasteiger partial charge in [0.15, 0.2) is 0 Å². The summed E-state index contributed by atoms with van der Waals surface area (Å²) in [7, 11) is 1.63. The number of urea groups is 1. The number of carbonyl (C=O) groups excluding carboxylic acids is 1. The molecule has 122 valence electrons. The number of hydrogen-bond acceptors (Lipinski definition) is 4. The fourth-order valence-corrected chi connectivity index (χ4v) is 3.54. The lowest BCUT2D eigenvalue weighted by molar-refractivity contribution is 0.165. The molecule has 1 heterocycles. The Morgan fingerprint density at radius 3 is 2.77 bits per heavy atom. The molecule has 0 saturated carbocycles. The minimum absolute atomic E-state index is 0.136. The van der Waals surface area contributed by atoms with E-state index in [1.807, 2.05) is 43.0 Å². The van der Waals surface area contributed by atoms with Crippen LogP contribution in [0, 0.1) is 0 Å². The summed E-state index contributed by atoms with van der Waals surface area (Å²) in [5.74, 6) is 2.94. The molecular formula is C16H24N2O3S. The third kappa shape index (κ3) is 5.10. The number of carbonyl (C=O) groups is 1. The van der Waals surface area contributed by atoms with Crippen LogP contribution in [-0.4, -0.2) is 43.9 Å². The van der Waals surface area contributed by atoms with Crippen molar-refractivity contribution in [1.29, 1.82) is 0 Å². The minimum atomic E-state index is -0.172. The molecule has 0 aromatic heterocycles. The summed E-state index contributed by atoms with van der Waals surface area (Å²) in [6.07, 6.45) is 1.04. The molecule has 2 N–H and O–H groups in total. The molecule has 2 amide bonds. The highest BCUT2D eigenvalue weighted by molar-refractivity contribution is 7.99. The summed E-state index contributed by atoms with van der Waals surface area (Å²) >= 11 is 1.87. The number of hydrogen-bond donors (Lipinski definition) is 2. The summed E-state index contributed by atoms with van der Waals surface area (Å²) in [5.41, 5.74) is 1.00. The number of amides is 2. The van der Waals surface area contributed by atoms with Crippen LogP contribution in [0.15, 0.2) is 24.3 Å². The van der Waals surface area contributed by atoms with Crippen LogP contribution in [0.1, 0.15) is 24.9 Å². The number of ether oxygens (including phenoxy) is 2. The fraction of sp³-hybridized carbons (Fsp3) is 0.562. The second-order valence-corrected chi connectivity index (χ2v) is 6.34. The van der Waals surface area contributed by atoms with Crippen LogP contribution in [0.5, 0.6) is 5.75 Å². The Labute approximate surface area is 136 Å². The van der Waals surface area contributed by atoms with Gasteiger partial charge >= 0.3 is 6.03 Å². The second-order valence-electron chi connectivity index (χ2n) is 5.19. The third-order valence-corrected chi connectivity index (χ3v) is 4.66. The van der Waals surface area contributed by atoms with Crippen molar-refractivity contribution in [2.75, 3.05) is 31.8 Å². The van der Waals surface area contributed by atoms with Gasteiger partial charge in [0.25, 0.3) is 0 Å². The number of thioether (sulfide) groups is 1. The maximum absolute atomic E-state index is 12.1. The van der Waals surface area contributed by atoms with Gasteiger partial charge in [0, 0.05) is 18.9 Å². The molecule has 2 atom stereocenters. The Morgan fingerprint density at radius 2 is 2.18 bits per heavy atom. The van der Waals surface area contributed by atoms with Gasteiger partial charge in [-0.3, -0.25) is 0 Å². The zero-order valence-electron chi connectivity index (χ0n) is 13.1. The van der Waals surface area contributed by atoms with E-state index in [2.05, 4.69) is 10.6 Å². The van der Waals surface area contributed by atoms with E-state index in [1.165, 1.54) is 0 Å². The number of benzene rings is 1. The lowest BCUT2D eigenvalue weighted by atomic mass is 10.1. The number of methoxy groups -OCH3 is 1. The lowest BCUT2D eigenvalue weighted by Gasteiger charge is -2.20. The lowest BCUT2D eigenvalue weighted by Crippen LogP contribution is -2.44. The van der Waals surface area contributed by atoms with E-state index in [-0.39, 0.29) is 18.1 Å². The van der Waals surface area contributed by atoms with Gasteiger partial charge in [-0.15, -0.1) is 0 Å². The first-order valence-corrected chi connectivity index (χ1v) is 8.75. The van der Waals surface area contributed by atoms with Crippen molar-refractivity contribution in [2.45, 2.75) is 25.4 Å². The topological polar surface area (TPSA) is 59.6 Å².